The molecule has 1 amide bonds. The first kappa shape index (κ1) is 20.2. The molecule has 0 bridgehead atoms. The van der Waals surface area contributed by atoms with Crippen molar-refractivity contribution >= 4 is 5.91 Å². The molecule has 0 atom stereocenters. The van der Waals surface area contributed by atoms with Crippen LogP contribution in [0.4, 0.5) is 0 Å². The number of hydrogen-bond acceptors (Lipinski definition) is 4. The van der Waals surface area contributed by atoms with Gasteiger partial charge in [0.2, 0.25) is 0 Å². The maximum absolute atomic E-state index is 13.6. The van der Waals surface area contributed by atoms with Crippen molar-refractivity contribution in [1.29, 1.82) is 0 Å². The van der Waals surface area contributed by atoms with Crippen molar-refractivity contribution in [2.45, 2.75) is 32.2 Å². The van der Waals surface area contributed by atoms with Gasteiger partial charge in [0.15, 0.2) is 0 Å². The molecule has 1 saturated heterocycles. The summed E-state index contributed by atoms with van der Waals surface area (Å²) < 4.78 is 3.89. The van der Waals surface area contributed by atoms with Gasteiger partial charge in [-0.05, 0) is 31.9 Å². The Kier molecular flexibility index (Phi) is 5.54. The van der Waals surface area contributed by atoms with Crippen LogP contribution in [0, 0.1) is 0 Å². The summed E-state index contributed by atoms with van der Waals surface area (Å²) >= 11 is 0. The third kappa shape index (κ3) is 3.82. The quantitative estimate of drug-likeness (QED) is 0.480. The predicted molar refractivity (Wildman–Crippen MR) is 123 cm³/mol. The van der Waals surface area contributed by atoms with Crippen molar-refractivity contribution in [3.8, 4) is 16.9 Å². The molecule has 0 radical (unpaired) electrons. The zero-order valence-electron chi connectivity index (χ0n) is 18.1. The molecule has 1 aliphatic rings. The summed E-state index contributed by atoms with van der Waals surface area (Å²) in [6, 6.07) is 19.8. The van der Waals surface area contributed by atoms with E-state index in [2.05, 4.69) is 21.7 Å². The number of carbonyl (C=O) groups excluding carboxylic acids is 1. The zero-order valence-corrected chi connectivity index (χ0v) is 18.1. The molecular formula is C25H26N6O. The zero-order chi connectivity index (χ0) is 21.9. The monoisotopic (exact) mass is 426 g/mol. The normalized spacial score (nSPS) is 14.6. The maximum Gasteiger partial charge on any atom is 0.257 e. The molecule has 0 aliphatic carbocycles. The van der Waals surface area contributed by atoms with Crippen molar-refractivity contribution in [1.82, 2.24) is 29.4 Å². The SMILES string of the molecule is CCn1cnnc1C1CCN(C(=O)c2cn(-c3ccccc3)nc2-c2ccccc2)CC1. The summed E-state index contributed by atoms with van der Waals surface area (Å²) in [6.45, 7) is 4.36. The van der Waals surface area contributed by atoms with Gasteiger partial charge in [-0.2, -0.15) is 5.10 Å². The van der Waals surface area contributed by atoms with Crippen LogP contribution in [0.1, 0.15) is 41.9 Å². The van der Waals surface area contributed by atoms with Gasteiger partial charge in [-0.25, -0.2) is 4.68 Å². The van der Waals surface area contributed by atoms with Gasteiger partial charge >= 0.3 is 0 Å². The number of aromatic nitrogens is 5. The standard InChI is InChI=1S/C25H26N6O/c1-2-29-18-26-27-24(29)20-13-15-30(16-14-20)25(32)22-17-31(21-11-7-4-8-12-21)28-23(22)19-9-5-3-6-10-19/h3-12,17-18,20H,2,13-16H2,1H3. The van der Waals surface area contributed by atoms with Crippen molar-refractivity contribution in [3.63, 3.8) is 0 Å². The lowest BCUT2D eigenvalue weighted by Gasteiger charge is -2.31. The molecule has 0 N–H and O–H groups in total. The molecule has 1 aliphatic heterocycles. The van der Waals surface area contributed by atoms with Gasteiger partial charge in [-0.1, -0.05) is 48.5 Å². The number of benzene rings is 2. The van der Waals surface area contributed by atoms with Crippen LogP contribution in [0.15, 0.2) is 73.2 Å². The summed E-state index contributed by atoms with van der Waals surface area (Å²) in [5, 5.41) is 13.2. The fourth-order valence-electron chi connectivity index (χ4n) is 4.39. The van der Waals surface area contributed by atoms with Gasteiger partial charge in [0.1, 0.15) is 17.8 Å². The summed E-state index contributed by atoms with van der Waals surface area (Å²) in [7, 11) is 0. The lowest BCUT2D eigenvalue weighted by molar-refractivity contribution is 0.0711. The number of likely N-dealkylation sites (tertiary alicyclic amines) is 1. The number of rotatable bonds is 5. The molecule has 5 rings (SSSR count). The fourth-order valence-corrected chi connectivity index (χ4v) is 4.39. The Morgan fingerprint density at radius 1 is 1.00 bits per heavy atom. The van der Waals surface area contributed by atoms with Gasteiger partial charge in [-0.15, -0.1) is 10.2 Å². The van der Waals surface area contributed by atoms with Gasteiger partial charge in [0.25, 0.3) is 5.91 Å². The van der Waals surface area contributed by atoms with E-state index in [1.54, 1.807) is 11.0 Å². The van der Waals surface area contributed by atoms with Crippen LogP contribution in [-0.2, 0) is 6.54 Å². The Bertz CT molecular complexity index is 1190. The summed E-state index contributed by atoms with van der Waals surface area (Å²) in [5.74, 6) is 1.39. The molecule has 2 aromatic carbocycles. The highest BCUT2D eigenvalue weighted by Gasteiger charge is 2.29. The van der Waals surface area contributed by atoms with E-state index in [4.69, 9.17) is 5.10 Å². The molecule has 0 spiro atoms. The van der Waals surface area contributed by atoms with Gasteiger partial charge in [0, 0.05) is 37.3 Å². The van der Waals surface area contributed by atoms with Crippen LogP contribution in [0.25, 0.3) is 16.9 Å². The van der Waals surface area contributed by atoms with E-state index in [1.165, 1.54) is 0 Å². The molecule has 1 fully saturated rings. The maximum atomic E-state index is 13.6. The van der Waals surface area contributed by atoms with Crippen LogP contribution in [0.3, 0.4) is 0 Å². The Morgan fingerprint density at radius 3 is 2.38 bits per heavy atom. The summed E-state index contributed by atoms with van der Waals surface area (Å²) in [4.78, 5) is 15.5. The van der Waals surface area contributed by atoms with E-state index >= 15 is 0 Å². The Hall–Kier alpha value is -3.74. The molecule has 2 aromatic heterocycles. The summed E-state index contributed by atoms with van der Waals surface area (Å²) in [6.07, 6.45) is 5.42. The fraction of sp³-hybridized carbons (Fsp3) is 0.280. The van der Waals surface area contributed by atoms with Crippen LogP contribution in [0.5, 0.6) is 0 Å². The number of nitrogens with zero attached hydrogens (tertiary/aromatic N) is 6. The average Bonchev–Trinajstić information content (AvgIpc) is 3.52. The minimum atomic E-state index is 0.0291. The predicted octanol–water partition coefficient (Wildman–Crippen LogP) is 4.17. The van der Waals surface area contributed by atoms with Crippen molar-refractivity contribution in [2.24, 2.45) is 0 Å². The van der Waals surface area contributed by atoms with Crippen molar-refractivity contribution in [3.05, 3.63) is 84.6 Å². The lowest BCUT2D eigenvalue weighted by atomic mass is 9.95. The second kappa shape index (κ2) is 8.78. The van der Waals surface area contributed by atoms with E-state index in [-0.39, 0.29) is 5.91 Å². The van der Waals surface area contributed by atoms with E-state index < -0.39 is 0 Å². The molecule has 162 valence electrons. The van der Waals surface area contributed by atoms with Crippen LogP contribution < -0.4 is 0 Å². The number of aryl methyl sites for hydroxylation is 1. The largest absolute Gasteiger partial charge is 0.338 e. The molecule has 3 heterocycles. The highest BCUT2D eigenvalue weighted by atomic mass is 16.2. The van der Waals surface area contributed by atoms with E-state index in [1.807, 2.05) is 71.8 Å². The van der Waals surface area contributed by atoms with E-state index in [9.17, 15) is 4.79 Å². The van der Waals surface area contributed by atoms with Crippen LogP contribution in [-0.4, -0.2) is 48.4 Å². The first-order valence-electron chi connectivity index (χ1n) is 11.1. The number of hydrogen-bond donors (Lipinski definition) is 0. The minimum absolute atomic E-state index is 0.0291. The Morgan fingerprint density at radius 2 is 1.69 bits per heavy atom. The number of amides is 1. The molecule has 7 nitrogen and oxygen atoms in total. The smallest absolute Gasteiger partial charge is 0.257 e. The second-order valence-corrected chi connectivity index (χ2v) is 8.08. The third-order valence-electron chi connectivity index (χ3n) is 6.15. The topological polar surface area (TPSA) is 68.8 Å². The molecule has 7 heteroatoms. The van der Waals surface area contributed by atoms with Gasteiger partial charge < -0.3 is 9.47 Å². The number of para-hydroxylation sites is 1. The number of piperidine rings is 1. The third-order valence-corrected chi connectivity index (χ3v) is 6.15. The highest BCUT2D eigenvalue weighted by Crippen LogP contribution is 2.30. The average molecular weight is 427 g/mol. The first-order valence-corrected chi connectivity index (χ1v) is 11.1. The lowest BCUT2D eigenvalue weighted by Crippen LogP contribution is -2.38. The van der Waals surface area contributed by atoms with Gasteiger partial charge in [-0.3, -0.25) is 4.79 Å². The molecular weight excluding hydrogens is 400 g/mol. The Balaban J connectivity index is 1.41. The van der Waals surface area contributed by atoms with Gasteiger partial charge in [0.05, 0.1) is 11.3 Å². The Labute approximate surface area is 187 Å². The van der Waals surface area contributed by atoms with Crippen LogP contribution >= 0.6 is 0 Å². The molecule has 0 unspecified atom stereocenters. The minimum Gasteiger partial charge on any atom is -0.338 e. The second-order valence-electron chi connectivity index (χ2n) is 8.08. The first-order chi connectivity index (χ1) is 15.7. The number of carbonyl (C=O) groups is 1. The van der Waals surface area contributed by atoms with E-state index in [0.29, 0.717) is 30.3 Å². The highest BCUT2D eigenvalue weighted by molar-refractivity contribution is 6.00. The molecule has 0 saturated carbocycles. The summed E-state index contributed by atoms with van der Waals surface area (Å²) in [5.41, 5.74) is 3.22. The van der Waals surface area contributed by atoms with Crippen molar-refractivity contribution in [2.75, 3.05) is 13.1 Å². The van der Waals surface area contributed by atoms with Crippen LogP contribution in [0.2, 0.25) is 0 Å². The van der Waals surface area contributed by atoms with Crippen molar-refractivity contribution < 1.29 is 4.79 Å². The molecule has 4 aromatic rings. The van der Waals surface area contributed by atoms with E-state index in [0.717, 1.165) is 36.5 Å². The molecule has 32 heavy (non-hydrogen) atoms.